The number of carbonyl (C=O) groups is 1. The van der Waals surface area contributed by atoms with Crippen LogP contribution in [-0.4, -0.2) is 48.9 Å². The van der Waals surface area contributed by atoms with Crippen LogP contribution < -0.4 is 9.64 Å². The molecule has 2 aliphatic rings. The maximum absolute atomic E-state index is 13.3. The third-order valence-corrected chi connectivity index (χ3v) is 7.71. The summed E-state index contributed by atoms with van der Waals surface area (Å²) in [6.45, 7) is -0.223. The van der Waals surface area contributed by atoms with E-state index in [4.69, 9.17) is 4.74 Å². The second-order valence-electron chi connectivity index (χ2n) is 6.54. The molecule has 2 aromatic carbocycles. The van der Waals surface area contributed by atoms with Gasteiger partial charge < -0.3 is 9.64 Å². The van der Waals surface area contributed by atoms with Crippen LogP contribution in [-0.2, 0) is 14.6 Å². The third kappa shape index (κ3) is 4.05. The Bertz CT molecular complexity index is 1010. The molecule has 1 amide bonds. The predicted molar refractivity (Wildman–Crippen MR) is 107 cm³/mol. The van der Waals surface area contributed by atoms with Crippen LogP contribution in [0.2, 0.25) is 0 Å². The summed E-state index contributed by atoms with van der Waals surface area (Å²) < 4.78 is 42.8. The minimum absolute atomic E-state index is 0.0181. The van der Waals surface area contributed by atoms with Crippen molar-refractivity contribution in [3.63, 3.8) is 0 Å². The molecule has 2 aliphatic heterocycles. The normalized spacial score (nSPS) is 24.3. The lowest BCUT2D eigenvalue weighted by molar-refractivity contribution is -0.119. The molecule has 2 aromatic rings. The Balaban J connectivity index is 1.56. The van der Waals surface area contributed by atoms with Crippen molar-refractivity contribution < 1.29 is 22.3 Å². The number of amides is 1. The molecule has 146 valence electrons. The number of sulfone groups is 1. The second-order valence-corrected chi connectivity index (χ2v) is 9.90. The van der Waals surface area contributed by atoms with Crippen LogP contribution in [0.5, 0.6) is 5.75 Å². The fourth-order valence-corrected chi connectivity index (χ4v) is 7.20. The number of rotatable bonds is 4. The van der Waals surface area contributed by atoms with Crippen LogP contribution in [0.3, 0.4) is 0 Å². The number of para-hydroxylation sites is 1. The number of hydrogen-bond donors (Lipinski definition) is 0. The minimum Gasteiger partial charge on any atom is -0.484 e. The maximum Gasteiger partial charge on any atom is 0.285 e. The molecule has 2 heterocycles. The van der Waals surface area contributed by atoms with Crippen molar-refractivity contribution in [2.24, 2.45) is 4.99 Å². The quantitative estimate of drug-likeness (QED) is 0.757. The lowest BCUT2D eigenvalue weighted by atomic mass is 10.2. The van der Waals surface area contributed by atoms with E-state index >= 15 is 0 Å². The molecule has 9 heteroatoms. The van der Waals surface area contributed by atoms with Crippen molar-refractivity contribution in [1.82, 2.24) is 0 Å². The number of aliphatic imine (C=N–C) groups is 1. The number of benzene rings is 2. The topological polar surface area (TPSA) is 76.0 Å². The Morgan fingerprint density at radius 1 is 1.14 bits per heavy atom. The summed E-state index contributed by atoms with van der Waals surface area (Å²) in [6.07, 6.45) is 0. The summed E-state index contributed by atoms with van der Waals surface area (Å²) in [6, 6.07) is 14.3. The van der Waals surface area contributed by atoms with Crippen LogP contribution >= 0.6 is 11.8 Å². The third-order valence-electron chi connectivity index (χ3n) is 4.50. The van der Waals surface area contributed by atoms with E-state index in [1.807, 2.05) is 6.07 Å². The SMILES string of the molecule is O=C(COc1ccccc1)N=C1S[C@@H]2CS(=O)(=O)C[C@@H]2N1c1ccc(F)cc1. The van der Waals surface area contributed by atoms with Gasteiger partial charge in [-0.05, 0) is 36.4 Å². The highest BCUT2D eigenvalue weighted by Crippen LogP contribution is 2.40. The molecule has 2 fully saturated rings. The molecule has 4 rings (SSSR count). The molecular weight excluding hydrogens is 403 g/mol. The highest BCUT2D eigenvalue weighted by molar-refractivity contribution is 8.16. The summed E-state index contributed by atoms with van der Waals surface area (Å²) in [4.78, 5) is 18.2. The first-order valence-electron chi connectivity index (χ1n) is 8.62. The molecule has 2 saturated heterocycles. The van der Waals surface area contributed by atoms with E-state index < -0.39 is 21.6 Å². The molecule has 2 atom stereocenters. The largest absolute Gasteiger partial charge is 0.484 e. The number of halogens is 1. The van der Waals surface area contributed by atoms with Gasteiger partial charge in [-0.1, -0.05) is 30.0 Å². The average molecular weight is 420 g/mol. The van der Waals surface area contributed by atoms with Gasteiger partial charge in [0, 0.05) is 10.9 Å². The first-order chi connectivity index (χ1) is 13.4. The van der Waals surface area contributed by atoms with Crippen molar-refractivity contribution >= 4 is 38.4 Å². The van der Waals surface area contributed by atoms with Gasteiger partial charge in [-0.25, -0.2) is 12.8 Å². The van der Waals surface area contributed by atoms with E-state index in [1.165, 1.54) is 23.9 Å². The number of thioether (sulfide) groups is 1. The number of anilines is 1. The standard InChI is InChI=1S/C19H17FN2O4S2/c20-13-6-8-14(9-7-13)22-16-11-28(24,25)12-17(16)27-19(22)21-18(23)10-26-15-4-2-1-3-5-15/h1-9,16-17H,10-12H2/t16-,17+/m0/s1. The zero-order valence-corrected chi connectivity index (χ0v) is 16.3. The zero-order valence-electron chi connectivity index (χ0n) is 14.7. The van der Waals surface area contributed by atoms with Crippen LogP contribution in [0.4, 0.5) is 10.1 Å². The molecule has 0 aliphatic carbocycles. The molecular formula is C19H17FN2O4S2. The van der Waals surface area contributed by atoms with E-state index in [0.717, 1.165) is 0 Å². The fraction of sp³-hybridized carbons (Fsp3) is 0.263. The molecule has 0 N–H and O–H groups in total. The molecule has 28 heavy (non-hydrogen) atoms. The van der Waals surface area contributed by atoms with Crippen LogP contribution in [0.25, 0.3) is 0 Å². The van der Waals surface area contributed by atoms with Crippen LogP contribution in [0, 0.1) is 5.82 Å². The van der Waals surface area contributed by atoms with E-state index in [-0.39, 0.29) is 29.4 Å². The molecule has 6 nitrogen and oxygen atoms in total. The van der Waals surface area contributed by atoms with Gasteiger partial charge in [0.1, 0.15) is 11.6 Å². The molecule has 0 aromatic heterocycles. The van der Waals surface area contributed by atoms with Gasteiger partial charge in [-0.2, -0.15) is 4.99 Å². The molecule has 0 spiro atoms. The number of amidine groups is 1. The fourth-order valence-electron chi connectivity index (χ4n) is 3.27. The number of fused-ring (bicyclic) bond motifs is 1. The van der Waals surface area contributed by atoms with E-state index in [0.29, 0.717) is 16.6 Å². The number of hydrogen-bond acceptors (Lipinski definition) is 5. The number of ether oxygens (including phenoxy) is 1. The van der Waals surface area contributed by atoms with E-state index in [1.54, 1.807) is 41.3 Å². The van der Waals surface area contributed by atoms with Crippen LogP contribution in [0.1, 0.15) is 0 Å². The van der Waals surface area contributed by atoms with Gasteiger partial charge in [-0.15, -0.1) is 0 Å². The highest BCUT2D eigenvalue weighted by Gasteiger charge is 2.49. The monoisotopic (exact) mass is 420 g/mol. The van der Waals surface area contributed by atoms with Gasteiger partial charge in [0.2, 0.25) is 0 Å². The Morgan fingerprint density at radius 2 is 1.86 bits per heavy atom. The van der Waals surface area contributed by atoms with Crippen molar-refractivity contribution in [2.75, 3.05) is 23.0 Å². The van der Waals surface area contributed by atoms with Gasteiger partial charge in [0.05, 0.1) is 17.5 Å². The predicted octanol–water partition coefficient (Wildman–Crippen LogP) is 2.51. The highest BCUT2D eigenvalue weighted by atomic mass is 32.2. The first kappa shape index (κ1) is 18.9. The summed E-state index contributed by atoms with van der Waals surface area (Å²) in [5.74, 6) is -0.282. The lowest BCUT2D eigenvalue weighted by Crippen LogP contribution is -2.37. The molecule has 0 unspecified atom stereocenters. The van der Waals surface area contributed by atoms with Gasteiger partial charge >= 0.3 is 0 Å². The molecule has 0 radical (unpaired) electrons. The Morgan fingerprint density at radius 3 is 2.57 bits per heavy atom. The summed E-state index contributed by atoms with van der Waals surface area (Å²) in [5.41, 5.74) is 0.606. The molecule has 0 saturated carbocycles. The maximum atomic E-state index is 13.3. The zero-order chi connectivity index (χ0) is 19.7. The van der Waals surface area contributed by atoms with Crippen molar-refractivity contribution in [1.29, 1.82) is 0 Å². The first-order valence-corrected chi connectivity index (χ1v) is 11.3. The van der Waals surface area contributed by atoms with Crippen LogP contribution in [0.15, 0.2) is 59.6 Å². The van der Waals surface area contributed by atoms with E-state index in [2.05, 4.69) is 4.99 Å². The summed E-state index contributed by atoms with van der Waals surface area (Å²) in [5, 5.41) is 0.204. The number of nitrogens with zero attached hydrogens (tertiary/aromatic N) is 2. The summed E-state index contributed by atoms with van der Waals surface area (Å²) in [7, 11) is -3.15. The van der Waals surface area contributed by atoms with Crippen molar-refractivity contribution in [3.05, 3.63) is 60.4 Å². The Kier molecular flexibility index (Phi) is 5.11. The Hall–Kier alpha value is -2.39. The van der Waals surface area contributed by atoms with Gasteiger partial charge in [0.15, 0.2) is 21.6 Å². The van der Waals surface area contributed by atoms with Crippen molar-refractivity contribution in [2.45, 2.75) is 11.3 Å². The lowest BCUT2D eigenvalue weighted by Gasteiger charge is -2.24. The smallest absolute Gasteiger partial charge is 0.285 e. The number of carbonyl (C=O) groups excluding carboxylic acids is 1. The van der Waals surface area contributed by atoms with Gasteiger partial charge in [0.25, 0.3) is 5.91 Å². The van der Waals surface area contributed by atoms with Crippen molar-refractivity contribution in [3.8, 4) is 5.75 Å². The van der Waals surface area contributed by atoms with E-state index in [9.17, 15) is 17.6 Å². The Labute approximate surface area is 166 Å². The van der Waals surface area contributed by atoms with Gasteiger partial charge in [-0.3, -0.25) is 4.79 Å². The summed E-state index contributed by atoms with van der Waals surface area (Å²) >= 11 is 1.27. The molecule has 0 bridgehead atoms. The second kappa shape index (κ2) is 7.56. The average Bonchev–Trinajstić information content (AvgIpc) is 3.12. The minimum atomic E-state index is -3.15.